The van der Waals surface area contributed by atoms with Crippen LogP contribution in [-0.2, 0) is 0 Å². The summed E-state index contributed by atoms with van der Waals surface area (Å²) < 4.78 is 5.08. The molecular weight excluding hydrogens is 454 g/mol. The molecule has 0 aliphatic carbocycles. The molecule has 6 rings (SSSR count). The van der Waals surface area contributed by atoms with Crippen molar-refractivity contribution in [2.45, 2.75) is 39.2 Å². The van der Waals surface area contributed by atoms with Crippen molar-refractivity contribution in [2.24, 2.45) is 0 Å². The molecule has 3 N–H and O–H groups in total. The number of piperazine rings is 1. The summed E-state index contributed by atoms with van der Waals surface area (Å²) in [6.07, 6.45) is 5.79. The van der Waals surface area contributed by atoms with Crippen LogP contribution >= 0.6 is 0 Å². The highest BCUT2D eigenvalue weighted by Crippen LogP contribution is 2.30. The fraction of sp³-hybridized carbons (Fsp3) is 0.370. The van der Waals surface area contributed by atoms with Crippen LogP contribution in [0.3, 0.4) is 0 Å². The van der Waals surface area contributed by atoms with E-state index in [0.717, 1.165) is 36.6 Å². The van der Waals surface area contributed by atoms with Crippen molar-refractivity contribution in [3.05, 3.63) is 64.3 Å². The van der Waals surface area contributed by atoms with Gasteiger partial charge in [0.1, 0.15) is 5.82 Å². The second kappa shape index (κ2) is 9.31. The zero-order chi connectivity index (χ0) is 24.6. The highest BCUT2D eigenvalue weighted by Gasteiger charge is 2.29. The first-order valence-electron chi connectivity index (χ1n) is 12.6. The molecule has 2 aromatic heterocycles. The molecule has 2 aliphatic rings. The number of aryl methyl sites for hydroxylation is 2. The Hall–Kier alpha value is -3.85. The van der Waals surface area contributed by atoms with E-state index in [0.29, 0.717) is 28.9 Å². The maximum atomic E-state index is 11.4. The van der Waals surface area contributed by atoms with E-state index in [1.165, 1.54) is 37.1 Å². The molecule has 2 aromatic carbocycles. The van der Waals surface area contributed by atoms with Gasteiger partial charge in [0.25, 0.3) is 0 Å². The number of oxazole rings is 1. The Morgan fingerprint density at radius 3 is 2.75 bits per heavy atom. The largest absolute Gasteiger partial charge is 0.417 e. The average molecular weight is 486 g/mol. The van der Waals surface area contributed by atoms with E-state index in [2.05, 4.69) is 55.5 Å². The summed E-state index contributed by atoms with van der Waals surface area (Å²) >= 11 is 0. The predicted molar refractivity (Wildman–Crippen MR) is 143 cm³/mol. The molecule has 0 amide bonds. The van der Waals surface area contributed by atoms with Crippen LogP contribution in [-0.4, -0.2) is 52.1 Å². The van der Waals surface area contributed by atoms with E-state index < -0.39 is 5.76 Å². The van der Waals surface area contributed by atoms with Gasteiger partial charge in [0, 0.05) is 54.5 Å². The standard InChI is InChI=1S/C27H31N7O2/c1-17-13-19(6-8-23(17)34-12-11-33-10-4-3-5-21(33)16-34)30-26-28-15-18(2)25(32-26)29-20-7-9-24-22(14-20)31-27(35)36-24/h6-9,13-15,21H,3-5,10-12,16H2,1-2H3,(H,31,35)(H2,28,29,30,32). The van der Waals surface area contributed by atoms with Crippen LogP contribution in [0.25, 0.3) is 11.1 Å². The lowest BCUT2D eigenvalue weighted by Gasteiger charge is -2.45. The number of H-pyrrole nitrogens is 1. The normalized spacial score (nSPS) is 18.3. The first-order chi connectivity index (χ1) is 17.5. The quantitative estimate of drug-likeness (QED) is 0.374. The second-order valence-electron chi connectivity index (χ2n) is 9.83. The molecule has 1 unspecified atom stereocenters. The minimum atomic E-state index is -0.468. The zero-order valence-corrected chi connectivity index (χ0v) is 20.7. The fourth-order valence-electron chi connectivity index (χ4n) is 5.39. The van der Waals surface area contributed by atoms with Crippen LogP contribution in [0, 0.1) is 13.8 Å². The number of benzene rings is 2. The van der Waals surface area contributed by atoms with Crippen LogP contribution in [0.4, 0.5) is 28.8 Å². The number of nitrogens with zero attached hydrogens (tertiary/aromatic N) is 4. The smallest absolute Gasteiger partial charge is 0.408 e. The summed E-state index contributed by atoms with van der Waals surface area (Å²) in [5.41, 5.74) is 6.38. The van der Waals surface area contributed by atoms with Gasteiger partial charge in [0.05, 0.1) is 5.52 Å². The minimum absolute atomic E-state index is 0.468. The van der Waals surface area contributed by atoms with E-state index in [1.54, 1.807) is 12.3 Å². The van der Waals surface area contributed by atoms with Gasteiger partial charge in [0.15, 0.2) is 5.58 Å². The highest BCUT2D eigenvalue weighted by molar-refractivity contribution is 5.78. The fourth-order valence-corrected chi connectivity index (χ4v) is 5.39. The number of rotatable bonds is 5. The van der Waals surface area contributed by atoms with Crippen LogP contribution < -0.4 is 21.3 Å². The average Bonchev–Trinajstić information content (AvgIpc) is 3.25. The summed E-state index contributed by atoms with van der Waals surface area (Å²) in [5.74, 6) is 0.740. The van der Waals surface area contributed by atoms with Crippen molar-refractivity contribution in [3.8, 4) is 0 Å². The van der Waals surface area contributed by atoms with Crippen molar-refractivity contribution in [3.63, 3.8) is 0 Å². The predicted octanol–water partition coefficient (Wildman–Crippen LogP) is 4.69. The highest BCUT2D eigenvalue weighted by atomic mass is 16.4. The van der Waals surface area contributed by atoms with E-state index in [4.69, 9.17) is 9.40 Å². The minimum Gasteiger partial charge on any atom is -0.408 e. The third kappa shape index (κ3) is 4.54. The SMILES string of the molecule is Cc1cc(Nc2ncc(C)c(Nc3ccc4oc(=O)[nH]c4c3)n2)ccc1N1CCN2CCCCC2C1. The number of aromatic amines is 1. The van der Waals surface area contributed by atoms with Gasteiger partial charge in [-0.2, -0.15) is 4.98 Å². The van der Waals surface area contributed by atoms with Gasteiger partial charge < -0.3 is 20.0 Å². The zero-order valence-electron chi connectivity index (χ0n) is 20.7. The number of nitrogens with one attached hydrogen (secondary N) is 3. The summed E-state index contributed by atoms with van der Waals surface area (Å²) in [6, 6.07) is 12.6. The lowest BCUT2D eigenvalue weighted by atomic mass is 9.98. The molecule has 9 nitrogen and oxygen atoms in total. The van der Waals surface area contributed by atoms with E-state index in [1.807, 2.05) is 19.1 Å². The van der Waals surface area contributed by atoms with Gasteiger partial charge >= 0.3 is 5.76 Å². The van der Waals surface area contributed by atoms with Crippen molar-refractivity contribution in [2.75, 3.05) is 41.7 Å². The van der Waals surface area contributed by atoms with E-state index in [9.17, 15) is 4.79 Å². The molecule has 0 spiro atoms. The third-order valence-corrected chi connectivity index (χ3v) is 7.28. The van der Waals surface area contributed by atoms with Crippen LogP contribution in [0.5, 0.6) is 0 Å². The first-order valence-corrected chi connectivity index (χ1v) is 12.6. The van der Waals surface area contributed by atoms with E-state index in [-0.39, 0.29) is 0 Å². The summed E-state index contributed by atoms with van der Waals surface area (Å²) in [7, 11) is 0. The third-order valence-electron chi connectivity index (χ3n) is 7.28. The van der Waals surface area contributed by atoms with Gasteiger partial charge in [-0.25, -0.2) is 9.78 Å². The molecule has 1 atom stereocenters. The van der Waals surface area contributed by atoms with E-state index >= 15 is 0 Å². The molecule has 0 bridgehead atoms. The Labute approximate surface area is 209 Å². The molecule has 2 aliphatic heterocycles. The van der Waals surface area contributed by atoms with Crippen molar-refractivity contribution in [1.82, 2.24) is 19.9 Å². The van der Waals surface area contributed by atoms with Crippen molar-refractivity contribution >= 4 is 39.9 Å². The molecule has 2 saturated heterocycles. The molecule has 4 heterocycles. The van der Waals surface area contributed by atoms with Gasteiger partial charge in [-0.05, 0) is 75.2 Å². The molecule has 9 heteroatoms. The van der Waals surface area contributed by atoms with Crippen molar-refractivity contribution in [1.29, 1.82) is 0 Å². The monoisotopic (exact) mass is 485 g/mol. The van der Waals surface area contributed by atoms with Crippen molar-refractivity contribution < 1.29 is 4.42 Å². The Bertz CT molecular complexity index is 1460. The Balaban J connectivity index is 1.17. The number of hydrogen-bond donors (Lipinski definition) is 3. The summed E-state index contributed by atoms with van der Waals surface area (Å²) in [5, 5.41) is 6.68. The van der Waals surface area contributed by atoms with Crippen LogP contribution in [0.15, 0.2) is 51.8 Å². The number of anilines is 5. The Morgan fingerprint density at radius 2 is 1.86 bits per heavy atom. The maximum Gasteiger partial charge on any atom is 0.417 e. The number of fused-ring (bicyclic) bond motifs is 2. The lowest BCUT2D eigenvalue weighted by Crippen LogP contribution is -2.55. The molecule has 2 fully saturated rings. The summed E-state index contributed by atoms with van der Waals surface area (Å²) in [6.45, 7) is 8.73. The topological polar surface area (TPSA) is 102 Å². The van der Waals surface area contributed by atoms with Gasteiger partial charge in [-0.1, -0.05) is 6.42 Å². The molecule has 0 radical (unpaired) electrons. The molecular formula is C27H31N7O2. The second-order valence-corrected chi connectivity index (χ2v) is 9.83. The number of aromatic nitrogens is 3. The molecule has 0 saturated carbocycles. The van der Waals surface area contributed by atoms with Gasteiger partial charge in [-0.15, -0.1) is 0 Å². The maximum absolute atomic E-state index is 11.4. The Morgan fingerprint density at radius 1 is 1.00 bits per heavy atom. The molecule has 36 heavy (non-hydrogen) atoms. The summed E-state index contributed by atoms with van der Waals surface area (Å²) in [4.78, 5) is 28.5. The lowest BCUT2D eigenvalue weighted by molar-refractivity contribution is 0.133. The molecule has 186 valence electrons. The number of hydrogen-bond acceptors (Lipinski definition) is 8. The van der Waals surface area contributed by atoms with Crippen LogP contribution in [0.2, 0.25) is 0 Å². The number of piperidine rings is 1. The Kier molecular flexibility index (Phi) is 5.85. The first kappa shape index (κ1) is 22.6. The van der Waals surface area contributed by atoms with Gasteiger partial charge in [-0.3, -0.25) is 9.88 Å². The van der Waals surface area contributed by atoms with Gasteiger partial charge in [0.2, 0.25) is 5.95 Å². The molecule has 4 aromatic rings. The van der Waals surface area contributed by atoms with Crippen LogP contribution in [0.1, 0.15) is 30.4 Å².